The molecule has 0 aliphatic rings. The standard InChI is InChI=1S/C15H26O/c1-12(2)7-6-8-14(5)9-10-15(11-16)13(3)4/h7,9,15-16H,3,6,8,10-11H2,1-2,4-5H3/b14-9+. The van der Waals surface area contributed by atoms with E-state index in [4.69, 9.17) is 5.11 Å². The summed E-state index contributed by atoms with van der Waals surface area (Å²) in [6, 6.07) is 0. The molecule has 0 heterocycles. The molecule has 0 fully saturated rings. The van der Waals surface area contributed by atoms with Gasteiger partial charge in [0.05, 0.1) is 0 Å². The van der Waals surface area contributed by atoms with Crippen molar-refractivity contribution in [2.24, 2.45) is 5.92 Å². The first kappa shape index (κ1) is 15.2. The predicted molar refractivity (Wildman–Crippen MR) is 72.4 cm³/mol. The molecule has 0 aromatic heterocycles. The molecule has 0 saturated heterocycles. The normalized spacial score (nSPS) is 13.4. The molecular formula is C15H26O. The Morgan fingerprint density at radius 3 is 2.25 bits per heavy atom. The molecule has 0 aliphatic heterocycles. The highest BCUT2D eigenvalue weighted by Gasteiger charge is 2.05. The minimum Gasteiger partial charge on any atom is -0.396 e. The average molecular weight is 222 g/mol. The van der Waals surface area contributed by atoms with Gasteiger partial charge >= 0.3 is 0 Å². The summed E-state index contributed by atoms with van der Waals surface area (Å²) >= 11 is 0. The van der Waals surface area contributed by atoms with Crippen molar-refractivity contribution >= 4 is 0 Å². The van der Waals surface area contributed by atoms with Gasteiger partial charge in [0.25, 0.3) is 0 Å². The predicted octanol–water partition coefficient (Wildman–Crippen LogP) is 4.25. The first-order valence-electron chi connectivity index (χ1n) is 6.02. The van der Waals surface area contributed by atoms with Gasteiger partial charge in [0.1, 0.15) is 0 Å². The molecule has 0 saturated carbocycles. The molecule has 1 nitrogen and oxygen atoms in total. The van der Waals surface area contributed by atoms with Crippen molar-refractivity contribution in [3.05, 3.63) is 35.5 Å². The largest absolute Gasteiger partial charge is 0.396 e. The number of aliphatic hydroxyl groups excluding tert-OH is 1. The molecular weight excluding hydrogens is 196 g/mol. The lowest BCUT2D eigenvalue weighted by Crippen LogP contribution is -2.05. The second-order valence-electron chi connectivity index (χ2n) is 4.83. The summed E-state index contributed by atoms with van der Waals surface area (Å²) in [4.78, 5) is 0. The van der Waals surface area contributed by atoms with Crippen LogP contribution in [0.5, 0.6) is 0 Å². The summed E-state index contributed by atoms with van der Waals surface area (Å²) in [7, 11) is 0. The molecule has 0 amide bonds. The van der Waals surface area contributed by atoms with Crippen molar-refractivity contribution in [1.29, 1.82) is 0 Å². The molecule has 92 valence electrons. The molecule has 1 heteroatoms. The van der Waals surface area contributed by atoms with Crippen LogP contribution in [0.3, 0.4) is 0 Å². The van der Waals surface area contributed by atoms with E-state index in [9.17, 15) is 0 Å². The number of aliphatic hydroxyl groups is 1. The fraction of sp³-hybridized carbons (Fsp3) is 0.600. The van der Waals surface area contributed by atoms with Crippen molar-refractivity contribution in [3.8, 4) is 0 Å². The van der Waals surface area contributed by atoms with E-state index in [1.807, 2.05) is 6.92 Å². The van der Waals surface area contributed by atoms with E-state index < -0.39 is 0 Å². The Balaban J connectivity index is 4.03. The number of hydrogen-bond acceptors (Lipinski definition) is 1. The first-order chi connectivity index (χ1) is 7.47. The average Bonchev–Trinajstić information content (AvgIpc) is 2.17. The van der Waals surface area contributed by atoms with Crippen molar-refractivity contribution < 1.29 is 5.11 Å². The third kappa shape index (κ3) is 7.47. The van der Waals surface area contributed by atoms with E-state index in [1.165, 1.54) is 11.1 Å². The van der Waals surface area contributed by atoms with Gasteiger partial charge in [-0.05, 0) is 47.0 Å². The molecule has 0 radical (unpaired) electrons. The maximum Gasteiger partial charge on any atom is 0.0499 e. The summed E-state index contributed by atoms with van der Waals surface area (Å²) in [6.07, 6.45) is 7.63. The first-order valence-corrected chi connectivity index (χ1v) is 6.02. The van der Waals surface area contributed by atoms with Gasteiger partial charge < -0.3 is 5.11 Å². The van der Waals surface area contributed by atoms with E-state index >= 15 is 0 Å². The zero-order valence-electron chi connectivity index (χ0n) is 11.2. The highest BCUT2D eigenvalue weighted by atomic mass is 16.3. The van der Waals surface area contributed by atoms with E-state index in [1.54, 1.807) is 0 Å². The smallest absolute Gasteiger partial charge is 0.0499 e. The lowest BCUT2D eigenvalue weighted by molar-refractivity contribution is 0.247. The number of rotatable bonds is 7. The Morgan fingerprint density at radius 1 is 1.19 bits per heavy atom. The Morgan fingerprint density at radius 2 is 1.81 bits per heavy atom. The second-order valence-corrected chi connectivity index (χ2v) is 4.83. The van der Waals surface area contributed by atoms with Gasteiger partial charge in [-0.3, -0.25) is 0 Å². The van der Waals surface area contributed by atoms with Gasteiger partial charge in [0, 0.05) is 12.5 Å². The van der Waals surface area contributed by atoms with Crippen molar-refractivity contribution in [2.75, 3.05) is 6.61 Å². The van der Waals surface area contributed by atoms with Crippen LogP contribution in [-0.4, -0.2) is 11.7 Å². The van der Waals surface area contributed by atoms with Crippen molar-refractivity contribution in [1.82, 2.24) is 0 Å². The van der Waals surface area contributed by atoms with E-state index in [-0.39, 0.29) is 12.5 Å². The maximum atomic E-state index is 9.16. The van der Waals surface area contributed by atoms with Gasteiger partial charge in [-0.1, -0.05) is 35.5 Å². The summed E-state index contributed by atoms with van der Waals surface area (Å²) in [5.41, 5.74) is 3.84. The summed E-state index contributed by atoms with van der Waals surface area (Å²) in [6.45, 7) is 12.5. The summed E-state index contributed by atoms with van der Waals surface area (Å²) in [5, 5.41) is 9.16. The zero-order valence-corrected chi connectivity index (χ0v) is 11.2. The lowest BCUT2D eigenvalue weighted by atomic mass is 9.97. The van der Waals surface area contributed by atoms with Crippen LogP contribution in [0.1, 0.15) is 47.0 Å². The number of allylic oxidation sites excluding steroid dienone is 4. The van der Waals surface area contributed by atoms with Crippen molar-refractivity contribution in [3.63, 3.8) is 0 Å². The highest BCUT2D eigenvalue weighted by molar-refractivity contribution is 5.06. The topological polar surface area (TPSA) is 20.2 Å². The maximum absolute atomic E-state index is 9.16. The summed E-state index contributed by atoms with van der Waals surface area (Å²) in [5.74, 6) is 0.221. The van der Waals surface area contributed by atoms with Crippen LogP contribution in [0.15, 0.2) is 35.5 Å². The Bertz CT molecular complexity index is 267. The fourth-order valence-electron chi connectivity index (χ4n) is 1.47. The van der Waals surface area contributed by atoms with Crippen molar-refractivity contribution in [2.45, 2.75) is 47.0 Å². The second kappa shape index (κ2) is 8.35. The highest BCUT2D eigenvalue weighted by Crippen LogP contribution is 2.16. The quantitative estimate of drug-likeness (QED) is 0.638. The fourth-order valence-corrected chi connectivity index (χ4v) is 1.47. The van der Waals surface area contributed by atoms with Gasteiger partial charge in [-0.15, -0.1) is 0 Å². The van der Waals surface area contributed by atoms with Crippen LogP contribution in [0.25, 0.3) is 0 Å². The number of hydrogen-bond donors (Lipinski definition) is 1. The molecule has 0 rings (SSSR count). The molecule has 0 bridgehead atoms. The molecule has 16 heavy (non-hydrogen) atoms. The molecule has 0 aliphatic carbocycles. The van der Waals surface area contributed by atoms with E-state index in [0.29, 0.717) is 0 Å². The van der Waals surface area contributed by atoms with Crippen LogP contribution in [-0.2, 0) is 0 Å². The minimum atomic E-state index is 0.201. The van der Waals surface area contributed by atoms with Crippen LogP contribution in [0, 0.1) is 5.92 Å². The molecule has 0 aromatic rings. The Hall–Kier alpha value is -0.820. The zero-order chi connectivity index (χ0) is 12.6. The monoisotopic (exact) mass is 222 g/mol. The third-order valence-electron chi connectivity index (χ3n) is 2.76. The van der Waals surface area contributed by atoms with E-state index in [0.717, 1.165) is 24.8 Å². The van der Waals surface area contributed by atoms with Gasteiger partial charge in [-0.25, -0.2) is 0 Å². The van der Waals surface area contributed by atoms with Gasteiger partial charge in [0.2, 0.25) is 0 Å². The molecule has 1 unspecified atom stereocenters. The SMILES string of the molecule is C=C(C)C(CO)C/C=C(\C)CCC=C(C)C. The van der Waals surface area contributed by atoms with Crippen LogP contribution in [0.2, 0.25) is 0 Å². The van der Waals surface area contributed by atoms with E-state index in [2.05, 4.69) is 39.5 Å². The van der Waals surface area contributed by atoms with Crippen LogP contribution >= 0.6 is 0 Å². The Labute approximate surface area is 101 Å². The summed E-state index contributed by atoms with van der Waals surface area (Å²) < 4.78 is 0. The Kier molecular flexibility index (Phi) is 7.92. The minimum absolute atomic E-state index is 0.201. The molecule has 0 spiro atoms. The van der Waals surface area contributed by atoms with Gasteiger partial charge in [0.15, 0.2) is 0 Å². The molecule has 0 aromatic carbocycles. The third-order valence-corrected chi connectivity index (χ3v) is 2.76. The molecule has 1 atom stereocenters. The lowest BCUT2D eigenvalue weighted by Gasteiger charge is -2.11. The van der Waals surface area contributed by atoms with Crippen LogP contribution in [0.4, 0.5) is 0 Å². The molecule has 1 N–H and O–H groups in total. The van der Waals surface area contributed by atoms with Gasteiger partial charge in [-0.2, -0.15) is 0 Å². The van der Waals surface area contributed by atoms with Crippen LogP contribution < -0.4 is 0 Å².